The van der Waals surface area contributed by atoms with Crippen molar-refractivity contribution >= 4 is 30.0 Å². The highest BCUT2D eigenvalue weighted by Crippen LogP contribution is 2.28. The van der Waals surface area contributed by atoms with Gasteiger partial charge in [-0.3, -0.25) is 14.4 Å². The van der Waals surface area contributed by atoms with Crippen molar-refractivity contribution in [2.75, 3.05) is 0 Å². The summed E-state index contributed by atoms with van der Waals surface area (Å²) in [4.78, 5) is 33.8. The van der Waals surface area contributed by atoms with E-state index in [0.717, 1.165) is 11.8 Å². The first-order valence-electron chi connectivity index (χ1n) is 6.67. The van der Waals surface area contributed by atoms with Crippen LogP contribution < -0.4 is 0 Å². The molecule has 0 spiro atoms. The lowest BCUT2D eigenvalue weighted by molar-refractivity contribution is -0.103. The zero-order valence-corrected chi connectivity index (χ0v) is 11.9. The van der Waals surface area contributed by atoms with Gasteiger partial charge in [0.05, 0.1) is 0 Å². The van der Waals surface area contributed by atoms with Crippen LogP contribution in [0.2, 0.25) is 0 Å². The number of hydrogen-bond acceptors (Lipinski definition) is 3. The van der Waals surface area contributed by atoms with Crippen molar-refractivity contribution in [2.45, 2.75) is 0 Å². The SMILES string of the molecule is C=C/C(=C(/C=O)c1ccccc1)c1cc(C=O)ccc1C=O. The lowest BCUT2D eigenvalue weighted by Gasteiger charge is -2.11. The highest BCUT2D eigenvalue weighted by atomic mass is 16.1. The second-order valence-electron chi connectivity index (χ2n) is 4.60. The van der Waals surface area contributed by atoms with Crippen LogP contribution in [0.5, 0.6) is 0 Å². The molecule has 2 aromatic carbocycles. The number of benzene rings is 2. The van der Waals surface area contributed by atoms with Gasteiger partial charge >= 0.3 is 0 Å². The maximum Gasteiger partial charge on any atom is 0.151 e. The Morgan fingerprint density at radius 1 is 0.864 bits per heavy atom. The van der Waals surface area contributed by atoms with E-state index in [0.29, 0.717) is 40.4 Å². The molecule has 0 fully saturated rings. The lowest BCUT2D eigenvalue weighted by atomic mass is 9.91. The van der Waals surface area contributed by atoms with Gasteiger partial charge in [0.1, 0.15) is 6.29 Å². The maximum absolute atomic E-state index is 11.6. The highest BCUT2D eigenvalue weighted by molar-refractivity contribution is 6.20. The number of carbonyl (C=O) groups excluding carboxylic acids is 3. The molecular formula is C19H14O3. The van der Waals surface area contributed by atoms with Crippen LogP contribution in [0.15, 0.2) is 61.2 Å². The molecule has 0 aliphatic rings. The normalized spacial score (nSPS) is 11.3. The molecule has 3 heteroatoms. The first-order chi connectivity index (χ1) is 10.7. The van der Waals surface area contributed by atoms with E-state index in [1.807, 2.05) is 18.2 Å². The van der Waals surface area contributed by atoms with Crippen LogP contribution in [0.1, 0.15) is 31.8 Å². The Hall–Kier alpha value is -3.07. The zero-order valence-electron chi connectivity index (χ0n) is 11.9. The fourth-order valence-electron chi connectivity index (χ4n) is 2.25. The summed E-state index contributed by atoms with van der Waals surface area (Å²) >= 11 is 0. The van der Waals surface area contributed by atoms with E-state index in [-0.39, 0.29) is 0 Å². The minimum Gasteiger partial charge on any atom is -0.298 e. The van der Waals surface area contributed by atoms with E-state index < -0.39 is 0 Å². The van der Waals surface area contributed by atoms with E-state index in [2.05, 4.69) is 6.58 Å². The van der Waals surface area contributed by atoms with E-state index in [1.165, 1.54) is 6.08 Å². The van der Waals surface area contributed by atoms with Crippen molar-refractivity contribution in [3.63, 3.8) is 0 Å². The van der Waals surface area contributed by atoms with Crippen molar-refractivity contribution in [1.82, 2.24) is 0 Å². The van der Waals surface area contributed by atoms with Gasteiger partial charge in [0.25, 0.3) is 0 Å². The Morgan fingerprint density at radius 3 is 2.14 bits per heavy atom. The van der Waals surface area contributed by atoms with Gasteiger partial charge in [0.2, 0.25) is 0 Å². The van der Waals surface area contributed by atoms with Crippen LogP contribution >= 0.6 is 0 Å². The van der Waals surface area contributed by atoms with Crippen molar-refractivity contribution in [1.29, 1.82) is 0 Å². The van der Waals surface area contributed by atoms with Crippen molar-refractivity contribution < 1.29 is 14.4 Å². The molecule has 2 rings (SSSR count). The van der Waals surface area contributed by atoms with Crippen LogP contribution in [-0.4, -0.2) is 18.9 Å². The molecule has 0 heterocycles. The first kappa shape index (κ1) is 15.3. The first-order valence-corrected chi connectivity index (χ1v) is 6.67. The summed E-state index contributed by atoms with van der Waals surface area (Å²) in [7, 11) is 0. The maximum atomic E-state index is 11.6. The van der Waals surface area contributed by atoms with E-state index in [1.54, 1.807) is 30.3 Å². The molecule has 22 heavy (non-hydrogen) atoms. The predicted octanol–water partition coefficient (Wildman–Crippen LogP) is 3.61. The van der Waals surface area contributed by atoms with Crippen molar-refractivity contribution in [3.05, 3.63) is 83.4 Å². The van der Waals surface area contributed by atoms with Crippen LogP contribution in [0.3, 0.4) is 0 Å². The molecule has 0 saturated heterocycles. The van der Waals surface area contributed by atoms with Crippen LogP contribution in [0.4, 0.5) is 0 Å². The molecule has 0 radical (unpaired) electrons. The van der Waals surface area contributed by atoms with Gasteiger partial charge in [-0.25, -0.2) is 0 Å². The second-order valence-corrected chi connectivity index (χ2v) is 4.60. The quantitative estimate of drug-likeness (QED) is 0.353. The van der Waals surface area contributed by atoms with Crippen molar-refractivity contribution in [3.8, 4) is 0 Å². The molecule has 0 N–H and O–H groups in total. The predicted molar refractivity (Wildman–Crippen MR) is 86.7 cm³/mol. The minimum atomic E-state index is 0.399. The third-order valence-corrected chi connectivity index (χ3v) is 3.33. The zero-order chi connectivity index (χ0) is 15.9. The Kier molecular flexibility index (Phi) is 4.94. The molecule has 3 nitrogen and oxygen atoms in total. The Bertz CT molecular complexity index is 756. The van der Waals surface area contributed by atoms with Gasteiger partial charge in [-0.05, 0) is 22.8 Å². The number of hydrogen-bond donors (Lipinski definition) is 0. The summed E-state index contributed by atoms with van der Waals surface area (Å²) in [5.41, 5.74) is 3.00. The summed E-state index contributed by atoms with van der Waals surface area (Å²) in [6.45, 7) is 3.74. The average molecular weight is 290 g/mol. The van der Waals surface area contributed by atoms with Gasteiger partial charge < -0.3 is 0 Å². The smallest absolute Gasteiger partial charge is 0.151 e. The fourth-order valence-corrected chi connectivity index (χ4v) is 2.25. The van der Waals surface area contributed by atoms with Gasteiger partial charge in [-0.1, -0.05) is 55.1 Å². The van der Waals surface area contributed by atoms with Crippen LogP contribution in [-0.2, 0) is 4.79 Å². The van der Waals surface area contributed by atoms with Gasteiger partial charge in [0, 0.05) is 16.7 Å². The third-order valence-electron chi connectivity index (χ3n) is 3.33. The van der Waals surface area contributed by atoms with Crippen molar-refractivity contribution in [2.24, 2.45) is 0 Å². The summed E-state index contributed by atoms with van der Waals surface area (Å²) in [6.07, 6.45) is 3.64. The second kappa shape index (κ2) is 7.09. The van der Waals surface area contributed by atoms with Crippen LogP contribution in [0, 0.1) is 0 Å². The molecule has 0 aliphatic carbocycles. The molecule has 2 aromatic rings. The number of allylic oxidation sites excluding steroid dienone is 3. The molecule has 0 aromatic heterocycles. The van der Waals surface area contributed by atoms with E-state index in [9.17, 15) is 14.4 Å². The summed E-state index contributed by atoms with van der Waals surface area (Å²) in [5.74, 6) is 0. The van der Waals surface area contributed by atoms with Crippen LogP contribution in [0.25, 0.3) is 11.1 Å². The molecule has 0 saturated carbocycles. The summed E-state index contributed by atoms with van der Waals surface area (Å²) in [5, 5.41) is 0. The molecule has 0 amide bonds. The highest BCUT2D eigenvalue weighted by Gasteiger charge is 2.12. The molecule has 0 aliphatic heterocycles. The Labute approximate surface area is 128 Å². The topological polar surface area (TPSA) is 51.2 Å². The van der Waals surface area contributed by atoms with E-state index in [4.69, 9.17) is 0 Å². The molecule has 0 unspecified atom stereocenters. The molecule has 0 bridgehead atoms. The van der Waals surface area contributed by atoms with Gasteiger partial charge in [-0.15, -0.1) is 0 Å². The van der Waals surface area contributed by atoms with E-state index >= 15 is 0 Å². The standard InChI is InChI=1S/C19H14O3/c1-2-17(19(13-22)15-6-4-3-5-7-15)18-10-14(11-20)8-9-16(18)12-21/h2-13H,1H2/b19-17+. The number of rotatable bonds is 6. The number of aldehydes is 3. The summed E-state index contributed by atoms with van der Waals surface area (Å²) in [6, 6.07) is 13.8. The minimum absolute atomic E-state index is 0.399. The molecule has 0 atom stereocenters. The summed E-state index contributed by atoms with van der Waals surface area (Å²) < 4.78 is 0. The third kappa shape index (κ3) is 2.99. The Balaban J connectivity index is 2.77. The van der Waals surface area contributed by atoms with Gasteiger partial charge in [-0.2, -0.15) is 0 Å². The Morgan fingerprint density at radius 2 is 1.59 bits per heavy atom. The molecule has 108 valence electrons. The lowest BCUT2D eigenvalue weighted by Crippen LogP contribution is -1.98. The molecular weight excluding hydrogens is 276 g/mol. The van der Waals surface area contributed by atoms with Gasteiger partial charge in [0.15, 0.2) is 12.6 Å². The number of carbonyl (C=O) groups is 3. The largest absolute Gasteiger partial charge is 0.298 e. The monoisotopic (exact) mass is 290 g/mol. The average Bonchev–Trinajstić information content (AvgIpc) is 2.59. The fraction of sp³-hybridized carbons (Fsp3) is 0.